The van der Waals surface area contributed by atoms with Gasteiger partial charge in [0.05, 0.1) is 20.4 Å². The van der Waals surface area contributed by atoms with Gasteiger partial charge in [0.1, 0.15) is 9.66 Å². The predicted molar refractivity (Wildman–Crippen MR) is 127 cm³/mol. The van der Waals surface area contributed by atoms with Crippen LogP contribution in [0.3, 0.4) is 0 Å². The minimum Gasteiger partial charge on any atom is -0.353 e. The number of aromatic nitrogens is 4. The van der Waals surface area contributed by atoms with Gasteiger partial charge in [0.15, 0.2) is 0 Å². The van der Waals surface area contributed by atoms with E-state index in [1.165, 1.54) is 42.3 Å². The van der Waals surface area contributed by atoms with Crippen molar-refractivity contribution in [2.24, 2.45) is 0 Å². The molecule has 0 fully saturated rings. The maximum absolute atomic E-state index is 4.46. The molecule has 0 spiro atoms. The number of fused-ring (bicyclic) bond motifs is 6. The number of hydrogen-bond acceptors (Lipinski definition) is 4. The topological polar surface area (TPSA) is 57.4 Å². The van der Waals surface area contributed by atoms with E-state index in [0.29, 0.717) is 0 Å². The van der Waals surface area contributed by atoms with Crippen molar-refractivity contribution >= 4 is 63.5 Å². The first kappa shape index (κ1) is 16.3. The molecule has 2 N–H and O–H groups in total. The molecule has 6 heterocycles. The predicted octanol–water partition coefficient (Wildman–Crippen LogP) is 7.20. The summed E-state index contributed by atoms with van der Waals surface area (Å²) >= 11 is 3.46. The lowest BCUT2D eigenvalue weighted by atomic mass is 10.1. The molecule has 30 heavy (non-hydrogen) atoms. The quantitative estimate of drug-likeness (QED) is 0.309. The lowest BCUT2D eigenvalue weighted by molar-refractivity contribution is 1.42. The summed E-state index contributed by atoms with van der Waals surface area (Å²) in [5, 5.41) is 2.38. The van der Waals surface area contributed by atoms with E-state index >= 15 is 0 Å². The summed E-state index contributed by atoms with van der Waals surface area (Å²) in [5.41, 5.74) is 6.99. The van der Waals surface area contributed by atoms with Crippen LogP contribution in [-0.4, -0.2) is 19.9 Å². The van der Waals surface area contributed by atoms with E-state index in [1.807, 2.05) is 24.5 Å². The third-order valence-corrected chi connectivity index (χ3v) is 7.69. The number of H-pyrrole nitrogens is 2. The second-order valence-corrected chi connectivity index (χ2v) is 9.40. The van der Waals surface area contributed by atoms with Gasteiger partial charge in [0.2, 0.25) is 0 Å². The summed E-state index contributed by atoms with van der Waals surface area (Å²) < 4.78 is 2.49. The average molecular weight is 423 g/mol. The molecule has 0 atom stereocenters. The van der Waals surface area contributed by atoms with Crippen LogP contribution in [0.2, 0.25) is 0 Å². The zero-order chi connectivity index (χ0) is 19.7. The van der Waals surface area contributed by atoms with Crippen molar-refractivity contribution in [3.8, 4) is 22.5 Å². The third-order valence-electron chi connectivity index (χ3n) is 5.56. The SMILES string of the molecule is c1cnc2sc3cc(-c4ccc(-c5cc6sc7ncccc7c6[nH]5)cc4)[nH]c3c2c1. The van der Waals surface area contributed by atoms with Crippen LogP contribution in [0.15, 0.2) is 73.1 Å². The third kappa shape index (κ3) is 2.32. The molecule has 0 bridgehead atoms. The maximum atomic E-state index is 4.46. The molecule has 6 heteroatoms. The van der Waals surface area contributed by atoms with Gasteiger partial charge in [-0.05, 0) is 47.5 Å². The van der Waals surface area contributed by atoms with E-state index in [2.05, 4.69) is 68.5 Å². The van der Waals surface area contributed by atoms with Crippen molar-refractivity contribution < 1.29 is 0 Å². The Balaban J connectivity index is 1.28. The molecule has 0 unspecified atom stereocenters. The van der Waals surface area contributed by atoms with Crippen LogP contribution < -0.4 is 0 Å². The molecule has 7 rings (SSSR count). The molecule has 7 aromatic rings. The molecule has 1 aromatic carbocycles. The van der Waals surface area contributed by atoms with Gasteiger partial charge < -0.3 is 9.97 Å². The van der Waals surface area contributed by atoms with Crippen molar-refractivity contribution in [1.29, 1.82) is 0 Å². The van der Waals surface area contributed by atoms with E-state index in [9.17, 15) is 0 Å². The molecule has 0 radical (unpaired) electrons. The molecule has 0 amide bonds. The van der Waals surface area contributed by atoms with Gasteiger partial charge >= 0.3 is 0 Å². The fourth-order valence-electron chi connectivity index (χ4n) is 4.11. The fourth-order valence-corrected chi connectivity index (χ4v) is 6.19. The zero-order valence-corrected chi connectivity index (χ0v) is 17.3. The Labute approximate surface area is 178 Å². The molecular weight excluding hydrogens is 408 g/mol. The average Bonchev–Trinajstić information content (AvgIpc) is 3.52. The molecule has 142 valence electrons. The summed E-state index contributed by atoms with van der Waals surface area (Å²) in [6.45, 7) is 0. The van der Waals surface area contributed by atoms with E-state index in [-0.39, 0.29) is 0 Å². The minimum atomic E-state index is 1.08. The minimum absolute atomic E-state index is 1.08. The van der Waals surface area contributed by atoms with Crippen molar-refractivity contribution in [3.63, 3.8) is 0 Å². The Hall–Kier alpha value is -3.48. The van der Waals surface area contributed by atoms with Gasteiger partial charge in [0.25, 0.3) is 0 Å². The first-order valence-electron chi connectivity index (χ1n) is 9.67. The van der Waals surface area contributed by atoms with Crippen LogP contribution in [0.25, 0.3) is 63.4 Å². The highest BCUT2D eigenvalue weighted by Crippen LogP contribution is 2.37. The summed E-state index contributed by atoms with van der Waals surface area (Å²) in [4.78, 5) is 18.3. The Morgan fingerprint density at radius 3 is 1.53 bits per heavy atom. The number of pyridine rings is 2. The fraction of sp³-hybridized carbons (Fsp3) is 0. The molecule has 6 aromatic heterocycles. The molecule has 0 aliphatic rings. The zero-order valence-electron chi connectivity index (χ0n) is 15.6. The number of hydrogen-bond donors (Lipinski definition) is 2. The van der Waals surface area contributed by atoms with Gasteiger partial charge in [-0.25, -0.2) is 9.97 Å². The lowest BCUT2D eigenvalue weighted by Gasteiger charge is -2.02. The molecule has 4 nitrogen and oxygen atoms in total. The first-order chi connectivity index (χ1) is 14.8. The monoisotopic (exact) mass is 422 g/mol. The lowest BCUT2D eigenvalue weighted by Crippen LogP contribution is -1.81. The molecule has 0 aliphatic heterocycles. The maximum Gasteiger partial charge on any atom is 0.125 e. The van der Waals surface area contributed by atoms with Gasteiger partial charge in [-0.2, -0.15) is 0 Å². The Kier molecular flexibility index (Phi) is 3.27. The van der Waals surface area contributed by atoms with Gasteiger partial charge in [0, 0.05) is 34.6 Å². The summed E-state index contributed by atoms with van der Waals surface area (Å²) in [6.07, 6.45) is 3.70. The standard InChI is InChI=1S/C24H14N4S2/c1-3-15-21-19(29-23(15)25-9-1)11-17(27-21)13-5-7-14(8-6-13)18-12-20-22(28-18)16-4-2-10-26-24(16)30-20/h1-12,27-28H. The highest BCUT2D eigenvalue weighted by molar-refractivity contribution is 7.25. The van der Waals surface area contributed by atoms with Crippen LogP contribution in [0.1, 0.15) is 0 Å². The van der Waals surface area contributed by atoms with Crippen molar-refractivity contribution in [2.75, 3.05) is 0 Å². The number of aromatic amines is 2. The number of nitrogens with one attached hydrogen (secondary N) is 2. The van der Waals surface area contributed by atoms with Crippen molar-refractivity contribution in [1.82, 2.24) is 19.9 Å². The first-order valence-corrected chi connectivity index (χ1v) is 11.3. The second-order valence-electron chi connectivity index (χ2n) is 7.34. The smallest absolute Gasteiger partial charge is 0.125 e. The van der Waals surface area contributed by atoms with Gasteiger partial charge in [-0.15, -0.1) is 22.7 Å². The Morgan fingerprint density at radius 2 is 1.07 bits per heavy atom. The Bertz CT molecular complexity index is 1570. The summed E-state index contributed by atoms with van der Waals surface area (Å²) in [6, 6.07) is 21.4. The van der Waals surface area contributed by atoms with E-state index in [1.54, 1.807) is 22.7 Å². The Morgan fingerprint density at radius 1 is 0.600 bits per heavy atom. The summed E-state index contributed by atoms with van der Waals surface area (Å²) in [5.74, 6) is 0. The highest BCUT2D eigenvalue weighted by Gasteiger charge is 2.12. The number of benzene rings is 1. The van der Waals surface area contributed by atoms with Gasteiger partial charge in [-0.3, -0.25) is 0 Å². The van der Waals surface area contributed by atoms with Crippen LogP contribution >= 0.6 is 22.7 Å². The second kappa shape index (κ2) is 6.01. The normalized spacial score (nSPS) is 12.0. The summed E-state index contributed by atoms with van der Waals surface area (Å²) in [7, 11) is 0. The molecule has 0 aliphatic carbocycles. The number of nitrogens with zero attached hydrogens (tertiary/aromatic N) is 2. The highest BCUT2D eigenvalue weighted by atomic mass is 32.1. The van der Waals surface area contributed by atoms with Crippen molar-refractivity contribution in [2.45, 2.75) is 0 Å². The number of thiophene rings is 2. The number of rotatable bonds is 2. The molecular formula is C24H14N4S2. The molecule has 0 saturated heterocycles. The molecule has 0 saturated carbocycles. The van der Waals surface area contributed by atoms with Crippen molar-refractivity contribution in [3.05, 3.63) is 73.1 Å². The van der Waals surface area contributed by atoms with Crippen LogP contribution in [0.4, 0.5) is 0 Å². The van der Waals surface area contributed by atoms with E-state index in [4.69, 9.17) is 0 Å². The van der Waals surface area contributed by atoms with Crippen LogP contribution in [0, 0.1) is 0 Å². The largest absolute Gasteiger partial charge is 0.353 e. The van der Waals surface area contributed by atoms with Crippen LogP contribution in [0.5, 0.6) is 0 Å². The van der Waals surface area contributed by atoms with E-state index in [0.717, 1.165) is 21.0 Å². The van der Waals surface area contributed by atoms with Gasteiger partial charge in [-0.1, -0.05) is 24.3 Å². The van der Waals surface area contributed by atoms with E-state index < -0.39 is 0 Å². The van der Waals surface area contributed by atoms with Crippen LogP contribution in [-0.2, 0) is 0 Å².